The number of ether oxygens (including phenoxy) is 1. The van der Waals surface area contributed by atoms with Crippen LogP contribution in [-0.2, 0) is 16.6 Å². The third-order valence-electron chi connectivity index (χ3n) is 3.26. The summed E-state index contributed by atoms with van der Waals surface area (Å²) in [5.74, 6) is 0.773. The molecule has 0 saturated carbocycles. The van der Waals surface area contributed by atoms with Gasteiger partial charge in [-0.25, -0.2) is 9.59 Å². The Balaban J connectivity index is 2.22. The molecule has 0 bridgehead atoms. The number of nitrogens with one attached hydrogen (secondary N) is 2. The molecule has 22 heavy (non-hydrogen) atoms. The van der Waals surface area contributed by atoms with E-state index in [1.807, 2.05) is 18.5 Å². The van der Waals surface area contributed by atoms with Crippen LogP contribution in [0.15, 0.2) is 16.4 Å². The van der Waals surface area contributed by atoms with Crippen LogP contribution in [0.25, 0.3) is 0 Å². The predicted octanol–water partition coefficient (Wildman–Crippen LogP) is 0.734. The summed E-state index contributed by atoms with van der Waals surface area (Å²) < 4.78 is 6.92. The molecule has 1 unspecified atom stereocenters. The van der Waals surface area contributed by atoms with Crippen molar-refractivity contribution in [3.63, 3.8) is 0 Å². The number of carbonyl (C=O) groups excluding carboxylic acids is 2. The van der Waals surface area contributed by atoms with E-state index in [0.717, 1.165) is 5.82 Å². The maximum Gasteiger partial charge on any atom is 0.337 e. The Kier molecular flexibility index (Phi) is 5.07. The fourth-order valence-electron chi connectivity index (χ4n) is 2.04. The highest BCUT2D eigenvalue weighted by molar-refractivity contribution is 7.99. The highest BCUT2D eigenvalue weighted by Crippen LogP contribution is 2.22. The monoisotopic (exact) mass is 325 g/mol. The van der Waals surface area contributed by atoms with E-state index >= 15 is 0 Å². The zero-order chi connectivity index (χ0) is 16.3. The summed E-state index contributed by atoms with van der Waals surface area (Å²) in [5, 5.41) is 14.1. The third kappa shape index (κ3) is 3.41. The molecule has 120 valence electrons. The molecule has 1 aliphatic heterocycles. The smallest absolute Gasteiger partial charge is 0.337 e. The Morgan fingerprint density at radius 3 is 2.77 bits per heavy atom. The average molecular weight is 325 g/mol. The molecule has 1 aromatic rings. The van der Waals surface area contributed by atoms with Gasteiger partial charge in [-0.05, 0) is 20.8 Å². The van der Waals surface area contributed by atoms with Crippen molar-refractivity contribution < 1.29 is 14.3 Å². The number of urea groups is 1. The highest BCUT2D eigenvalue weighted by atomic mass is 32.2. The number of hydrogen-bond acceptors (Lipinski definition) is 6. The summed E-state index contributed by atoms with van der Waals surface area (Å²) in [7, 11) is 1.86. The molecule has 2 heterocycles. The number of aryl methyl sites for hydroxylation is 1. The number of thioether (sulfide) groups is 1. The summed E-state index contributed by atoms with van der Waals surface area (Å²) in [5.41, 5.74) is 0.980. The molecule has 9 heteroatoms. The van der Waals surface area contributed by atoms with Gasteiger partial charge in [0.1, 0.15) is 5.82 Å². The average Bonchev–Trinajstić information content (AvgIpc) is 2.76. The molecular formula is C13H19N5O3S. The van der Waals surface area contributed by atoms with Crippen LogP contribution in [0.3, 0.4) is 0 Å². The zero-order valence-corrected chi connectivity index (χ0v) is 13.8. The quantitative estimate of drug-likeness (QED) is 0.612. The van der Waals surface area contributed by atoms with E-state index in [-0.39, 0.29) is 12.6 Å². The lowest BCUT2D eigenvalue weighted by Gasteiger charge is -2.26. The van der Waals surface area contributed by atoms with Crippen LogP contribution < -0.4 is 10.6 Å². The van der Waals surface area contributed by atoms with Gasteiger partial charge in [0.05, 0.1) is 18.2 Å². The van der Waals surface area contributed by atoms with Crippen LogP contribution in [0.1, 0.15) is 19.7 Å². The van der Waals surface area contributed by atoms with Gasteiger partial charge in [-0.1, -0.05) is 11.8 Å². The molecule has 2 rings (SSSR count). The lowest BCUT2D eigenvalue weighted by atomic mass is 10.1. The summed E-state index contributed by atoms with van der Waals surface area (Å²) in [4.78, 5) is 23.7. The lowest BCUT2D eigenvalue weighted by Crippen LogP contribution is -2.49. The fourth-order valence-corrected chi connectivity index (χ4v) is 2.97. The van der Waals surface area contributed by atoms with Gasteiger partial charge in [0.25, 0.3) is 0 Å². The van der Waals surface area contributed by atoms with Gasteiger partial charge >= 0.3 is 12.0 Å². The minimum atomic E-state index is -0.424. The van der Waals surface area contributed by atoms with Crippen molar-refractivity contribution in [2.45, 2.75) is 32.0 Å². The number of esters is 1. The molecule has 1 aliphatic rings. The molecule has 2 N–H and O–H groups in total. The van der Waals surface area contributed by atoms with Gasteiger partial charge in [0, 0.05) is 18.5 Å². The van der Waals surface area contributed by atoms with E-state index < -0.39 is 12.0 Å². The molecule has 0 spiro atoms. The van der Waals surface area contributed by atoms with Crippen LogP contribution in [0.4, 0.5) is 4.79 Å². The van der Waals surface area contributed by atoms with E-state index in [0.29, 0.717) is 22.2 Å². The van der Waals surface area contributed by atoms with Crippen molar-refractivity contribution in [3.05, 3.63) is 17.1 Å². The van der Waals surface area contributed by atoms with Crippen LogP contribution in [0, 0.1) is 6.92 Å². The van der Waals surface area contributed by atoms with E-state index in [4.69, 9.17) is 4.74 Å². The van der Waals surface area contributed by atoms with Crippen molar-refractivity contribution in [2.24, 2.45) is 7.05 Å². The Bertz CT molecular complexity index is 625. The van der Waals surface area contributed by atoms with Crippen LogP contribution in [0.2, 0.25) is 0 Å². The molecule has 1 aromatic heterocycles. The number of amides is 2. The topological polar surface area (TPSA) is 98.1 Å². The number of aromatic nitrogens is 3. The maximum atomic E-state index is 12.1. The summed E-state index contributed by atoms with van der Waals surface area (Å²) >= 11 is 1.40. The van der Waals surface area contributed by atoms with Crippen molar-refractivity contribution in [1.29, 1.82) is 0 Å². The van der Waals surface area contributed by atoms with Gasteiger partial charge in [-0.2, -0.15) is 0 Å². The number of carbonyl (C=O) groups is 2. The van der Waals surface area contributed by atoms with Gasteiger partial charge < -0.3 is 19.9 Å². The second-order valence-corrected chi connectivity index (χ2v) is 5.75. The van der Waals surface area contributed by atoms with E-state index in [2.05, 4.69) is 20.8 Å². The number of hydrogen-bond donors (Lipinski definition) is 2. The molecule has 0 fully saturated rings. The predicted molar refractivity (Wildman–Crippen MR) is 81.3 cm³/mol. The minimum absolute atomic E-state index is 0.284. The van der Waals surface area contributed by atoms with Crippen molar-refractivity contribution in [1.82, 2.24) is 25.4 Å². The van der Waals surface area contributed by atoms with Crippen LogP contribution >= 0.6 is 11.8 Å². The SMILES string of the molecule is CCOC(=O)C1=C(CSc2nnc(C)n2C)NC(=O)NC1C. The van der Waals surface area contributed by atoms with E-state index in [1.165, 1.54) is 11.8 Å². The standard InChI is InChI=1S/C13H19N5O3S/c1-5-21-11(19)10-7(2)14-12(20)15-9(10)6-22-13-17-16-8(3)18(13)4/h7H,5-6H2,1-4H3,(H2,14,15,20). The Labute approximate surface area is 132 Å². The van der Waals surface area contributed by atoms with Crippen molar-refractivity contribution in [3.8, 4) is 0 Å². The fraction of sp³-hybridized carbons (Fsp3) is 0.538. The Morgan fingerprint density at radius 2 is 2.18 bits per heavy atom. The van der Waals surface area contributed by atoms with E-state index in [1.54, 1.807) is 13.8 Å². The molecule has 2 amide bonds. The first-order valence-electron chi connectivity index (χ1n) is 6.90. The summed E-state index contributed by atoms with van der Waals surface area (Å²) in [6, 6.07) is -0.727. The van der Waals surface area contributed by atoms with Gasteiger partial charge in [-0.3, -0.25) is 0 Å². The zero-order valence-electron chi connectivity index (χ0n) is 13.0. The molecule has 0 saturated heterocycles. The Hall–Kier alpha value is -2.03. The third-order valence-corrected chi connectivity index (χ3v) is 4.31. The molecule has 0 radical (unpaired) electrons. The molecule has 0 aliphatic carbocycles. The molecular weight excluding hydrogens is 306 g/mol. The second kappa shape index (κ2) is 6.82. The van der Waals surface area contributed by atoms with Gasteiger partial charge in [0.15, 0.2) is 5.16 Å². The van der Waals surface area contributed by atoms with Crippen LogP contribution in [-0.4, -0.2) is 45.2 Å². The summed E-state index contributed by atoms with van der Waals surface area (Å²) in [6.07, 6.45) is 0. The molecule has 1 atom stereocenters. The molecule has 0 aromatic carbocycles. The first-order chi connectivity index (χ1) is 10.4. The first kappa shape index (κ1) is 16.3. The van der Waals surface area contributed by atoms with Crippen molar-refractivity contribution in [2.75, 3.05) is 12.4 Å². The van der Waals surface area contributed by atoms with Gasteiger partial charge in [0.2, 0.25) is 0 Å². The maximum absolute atomic E-state index is 12.1. The molecule has 8 nitrogen and oxygen atoms in total. The number of rotatable bonds is 5. The number of nitrogens with zero attached hydrogens (tertiary/aromatic N) is 3. The summed E-state index contributed by atoms with van der Waals surface area (Å²) in [6.45, 7) is 5.64. The van der Waals surface area contributed by atoms with Crippen molar-refractivity contribution >= 4 is 23.8 Å². The van der Waals surface area contributed by atoms with Crippen LogP contribution in [0.5, 0.6) is 0 Å². The largest absolute Gasteiger partial charge is 0.463 e. The minimum Gasteiger partial charge on any atom is -0.463 e. The lowest BCUT2D eigenvalue weighted by molar-refractivity contribution is -0.138. The van der Waals surface area contributed by atoms with Gasteiger partial charge in [-0.15, -0.1) is 10.2 Å². The second-order valence-electron chi connectivity index (χ2n) is 4.81. The normalized spacial score (nSPS) is 18.0. The first-order valence-corrected chi connectivity index (χ1v) is 7.89. The van der Waals surface area contributed by atoms with E-state index in [9.17, 15) is 9.59 Å². The Morgan fingerprint density at radius 1 is 1.45 bits per heavy atom. The highest BCUT2D eigenvalue weighted by Gasteiger charge is 2.29.